The molecule has 0 aliphatic carbocycles. The van der Waals surface area contributed by atoms with Crippen LogP contribution in [-0.4, -0.2) is 23.1 Å². The molecule has 0 spiro atoms. The quantitative estimate of drug-likeness (QED) is 0.435. The standard InChI is InChI=1S/C4HCl2F5O2/c5-1(12)4(10,11)13-2(6)3(7,8)9/h2H. The zero-order valence-electron chi connectivity index (χ0n) is 5.54. The highest BCUT2D eigenvalue weighted by atomic mass is 35.5. The smallest absolute Gasteiger partial charge is 0.284 e. The lowest BCUT2D eigenvalue weighted by atomic mass is 10.6. The number of carbonyl (C=O) groups excluding carboxylic acids is 1. The van der Waals surface area contributed by atoms with Crippen LogP contribution in [0.15, 0.2) is 0 Å². The van der Waals surface area contributed by atoms with Gasteiger partial charge < -0.3 is 0 Å². The molecule has 1 unspecified atom stereocenters. The fourth-order valence-electron chi connectivity index (χ4n) is 0.243. The average molecular weight is 247 g/mol. The van der Waals surface area contributed by atoms with E-state index in [1.807, 2.05) is 0 Å². The van der Waals surface area contributed by atoms with Gasteiger partial charge in [0, 0.05) is 0 Å². The van der Waals surface area contributed by atoms with Crippen molar-refractivity contribution in [1.29, 1.82) is 0 Å². The van der Waals surface area contributed by atoms with Crippen LogP contribution in [-0.2, 0) is 9.53 Å². The molecule has 0 aromatic carbocycles. The zero-order chi connectivity index (χ0) is 10.9. The first-order valence-electron chi connectivity index (χ1n) is 2.53. The molecule has 0 aliphatic rings. The van der Waals surface area contributed by atoms with Crippen molar-refractivity contribution < 1.29 is 31.5 Å². The van der Waals surface area contributed by atoms with Crippen molar-refractivity contribution in [2.45, 2.75) is 17.8 Å². The summed E-state index contributed by atoms with van der Waals surface area (Å²) in [6, 6.07) is 0. The number of hydrogen-bond acceptors (Lipinski definition) is 2. The normalized spacial score (nSPS) is 15.6. The monoisotopic (exact) mass is 246 g/mol. The second kappa shape index (κ2) is 3.93. The van der Waals surface area contributed by atoms with E-state index in [-0.39, 0.29) is 0 Å². The summed E-state index contributed by atoms with van der Waals surface area (Å²) >= 11 is 8.57. The molecule has 0 bridgehead atoms. The maximum Gasteiger partial charge on any atom is 0.433 e. The Balaban J connectivity index is 4.37. The van der Waals surface area contributed by atoms with Gasteiger partial charge in [0.1, 0.15) is 0 Å². The molecular weight excluding hydrogens is 246 g/mol. The Morgan fingerprint density at radius 2 is 1.62 bits per heavy atom. The predicted molar refractivity (Wildman–Crippen MR) is 32.6 cm³/mol. The third kappa shape index (κ3) is 4.06. The summed E-state index contributed by atoms with van der Waals surface area (Å²) < 4.78 is 61.5. The van der Waals surface area contributed by atoms with Gasteiger partial charge in [-0.2, -0.15) is 22.0 Å². The molecule has 0 aromatic heterocycles. The van der Waals surface area contributed by atoms with Crippen LogP contribution >= 0.6 is 23.2 Å². The van der Waals surface area contributed by atoms with E-state index in [2.05, 4.69) is 27.9 Å². The van der Waals surface area contributed by atoms with E-state index in [9.17, 15) is 26.7 Å². The van der Waals surface area contributed by atoms with Crippen LogP contribution in [0.3, 0.4) is 0 Å². The van der Waals surface area contributed by atoms with Gasteiger partial charge in [0.05, 0.1) is 0 Å². The summed E-state index contributed by atoms with van der Waals surface area (Å²) in [6.45, 7) is 0. The van der Waals surface area contributed by atoms with Crippen molar-refractivity contribution in [3.8, 4) is 0 Å². The fourth-order valence-corrected chi connectivity index (χ4v) is 0.400. The number of carbonyl (C=O) groups is 1. The number of alkyl halides is 6. The highest BCUT2D eigenvalue weighted by molar-refractivity contribution is 6.64. The van der Waals surface area contributed by atoms with Crippen molar-refractivity contribution in [3.05, 3.63) is 0 Å². The molecule has 13 heavy (non-hydrogen) atoms. The predicted octanol–water partition coefficient (Wildman–Crippen LogP) is 2.49. The van der Waals surface area contributed by atoms with Crippen molar-refractivity contribution in [3.63, 3.8) is 0 Å². The summed E-state index contributed by atoms with van der Waals surface area (Å²) in [6.07, 6.45) is -9.94. The summed E-state index contributed by atoms with van der Waals surface area (Å²) in [7, 11) is 0. The Labute approximate surface area is 78.5 Å². The number of hydrogen-bond donors (Lipinski definition) is 0. The molecule has 1 atom stereocenters. The lowest BCUT2D eigenvalue weighted by Crippen LogP contribution is -2.37. The van der Waals surface area contributed by atoms with E-state index in [1.165, 1.54) is 0 Å². The van der Waals surface area contributed by atoms with Crippen molar-refractivity contribution in [1.82, 2.24) is 0 Å². The van der Waals surface area contributed by atoms with E-state index in [0.29, 0.717) is 0 Å². The van der Waals surface area contributed by atoms with Gasteiger partial charge in [-0.15, -0.1) is 0 Å². The highest BCUT2D eigenvalue weighted by Gasteiger charge is 2.49. The fraction of sp³-hybridized carbons (Fsp3) is 0.750. The first kappa shape index (κ1) is 12.9. The van der Waals surface area contributed by atoms with Gasteiger partial charge in [0.25, 0.3) is 0 Å². The Morgan fingerprint density at radius 1 is 1.23 bits per heavy atom. The van der Waals surface area contributed by atoms with Crippen LogP contribution < -0.4 is 0 Å². The van der Waals surface area contributed by atoms with Crippen LogP contribution in [0.1, 0.15) is 0 Å². The number of halogens is 7. The van der Waals surface area contributed by atoms with E-state index in [4.69, 9.17) is 0 Å². The van der Waals surface area contributed by atoms with Gasteiger partial charge in [-0.3, -0.25) is 9.53 Å². The maximum atomic E-state index is 12.0. The van der Waals surface area contributed by atoms with Crippen molar-refractivity contribution in [2.24, 2.45) is 0 Å². The molecule has 0 saturated carbocycles. The molecule has 0 saturated heterocycles. The minimum absolute atomic E-state index is 2.37. The maximum absolute atomic E-state index is 12.0. The molecule has 0 fully saturated rings. The van der Waals surface area contributed by atoms with Gasteiger partial charge in [0.2, 0.25) is 5.56 Å². The van der Waals surface area contributed by atoms with E-state index < -0.39 is 23.1 Å². The molecule has 0 aliphatic heterocycles. The molecule has 0 rings (SSSR count). The van der Waals surface area contributed by atoms with E-state index in [1.54, 1.807) is 0 Å². The van der Waals surface area contributed by atoms with Crippen LogP contribution in [0.4, 0.5) is 22.0 Å². The largest absolute Gasteiger partial charge is 0.433 e. The van der Waals surface area contributed by atoms with Gasteiger partial charge in [-0.05, 0) is 11.6 Å². The Morgan fingerprint density at radius 3 is 1.85 bits per heavy atom. The Bertz CT molecular complexity index is 203. The first-order valence-corrected chi connectivity index (χ1v) is 3.35. The molecule has 9 heteroatoms. The van der Waals surface area contributed by atoms with Crippen LogP contribution in [0.5, 0.6) is 0 Å². The molecule has 0 amide bonds. The molecule has 0 heterocycles. The third-order valence-electron chi connectivity index (χ3n) is 0.738. The Kier molecular flexibility index (Phi) is 3.89. The lowest BCUT2D eigenvalue weighted by molar-refractivity contribution is -0.284. The van der Waals surface area contributed by atoms with Crippen LogP contribution in [0, 0.1) is 0 Å². The minimum atomic E-state index is -5.20. The van der Waals surface area contributed by atoms with E-state index in [0.717, 1.165) is 0 Å². The average Bonchev–Trinajstić information content (AvgIpc) is 1.83. The second-order valence-corrected chi connectivity index (χ2v) is 2.51. The molecule has 0 N–H and O–H groups in total. The first-order chi connectivity index (χ1) is 5.57. The van der Waals surface area contributed by atoms with Gasteiger partial charge in [-0.25, -0.2) is 0 Å². The third-order valence-corrected chi connectivity index (χ3v) is 1.29. The molecule has 78 valence electrons. The summed E-state index contributed by atoms with van der Waals surface area (Å²) in [5.74, 6) is 0. The number of rotatable bonds is 3. The van der Waals surface area contributed by atoms with Gasteiger partial charge in [0.15, 0.2) is 0 Å². The second-order valence-electron chi connectivity index (χ2n) is 1.77. The minimum Gasteiger partial charge on any atom is -0.284 e. The molecular formula is C4HCl2F5O2. The Hall–Kier alpha value is -0.140. The van der Waals surface area contributed by atoms with E-state index >= 15 is 0 Å². The number of ether oxygens (including phenoxy) is 1. The lowest BCUT2D eigenvalue weighted by Gasteiger charge is -2.18. The molecule has 0 aromatic rings. The SMILES string of the molecule is O=C(Cl)C(F)(F)OC(Cl)C(F)(F)F. The topological polar surface area (TPSA) is 26.3 Å². The van der Waals surface area contributed by atoms with Crippen LogP contribution in [0.25, 0.3) is 0 Å². The van der Waals surface area contributed by atoms with Gasteiger partial charge >= 0.3 is 17.5 Å². The zero-order valence-corrected chi connectivity index (χ0v) is 7.05. The summed E-state index contributed by atoms with van der Waals surface area (Å²) in [5, 5.41) is -2.37. The van der Waals surface area contributed by atoms with Crippen molar-refractivity contribution in [2.75, 3.05) is 0 Å². The molecule has 2 nitrogen and oxygen atoms in total. The molecule has 0 radical (unpaired) electrons. The summed E-state index contributed by atoms with van der Waals surface area (Å²) in [5.41, 5.74) is -3.29. The van der Waals surface area contributed by atoms with Crippen molar-refractivity contribution >= 4 is 28.4 Å². The summed E-state index contributed by atoms with van der Waals surface area (Å²) in [4.78, 5) is 9.79. The highest BCUT2D eigenvalue weighted by Crippen LogP contribution is 2.31. The van der Waals surface area contributed by atoms with Crippen LogP contribution in [0.2, 0.25) is 0 Å². The van der Waals surface area contributed by atoms with Gasteiger partial charge in [-0.1, -0.05) is 11.6 Å².